The number of para-hydroxylation sites is 1. The average Bonchev–Trinajstić information content (AvgIpc) is 2.49. The number of ether oxygens (including phenoxy) is 2. The van der Waals surface area contributed by atoms with Gasteiger partial charge in [0.15, 0.2) is 11.5 Å². The molecule has 4 heteroatoms. The molecule has 0 amide bonds. The van der Waals surface area contributed by atoms with E-state index in [1.807, 2.05) is 0 Å². The van der Waals surface area contributed by atoms with Crippen LogP contribution in [0.4, 0.5) is 4.39 Å². The topological polar surface area (TPSA) is 38.7 Å². The molecule has 1 aliphatic rings. The van der Waals surface area contributed by atoms with E-state index in [4.69, 9.17) is 9.47 Å². The normalized spacial score (nSPS) is 14.9. The van der Waals surface area contributed by atoms with E-state index < -0.39 is 6.10 Å². The van der Waals surface area contributed by atoms with Crippen LogP contribution < -0.4 is 9.47 Å². The van der Waals surface area contributed by atoms with Crippen molar-refractivity contribution in [3.8, 4) is 11.5 Å². The maximum atomic E-state index is 13.6. The molecule has 0 saturated heterocycles. The highest BCUT2D eigenvalue weighted by atomic mass is 19.1. The van der Waals surface area contributed by atoms with E-state index >= 15 is 0 Å². The fourth-order valence-electron chi connectivity index (χ4n) is 2.27. The summed E-state index contributed by atoms with van der Waals surface area (Å²) < 4.78 is 24.7. The van der Waals surface area contributed by atoms with Gasteiger partial charge in [-0.05, 0) is 30.2 Å². The number of halogens is 1. The van der Waals surface area contributed by atoms with E-state index in [9.17, 15) is 9.50 Å². The lowest BCUT2D eigenvalue weighted by atomic mass is 9.99. The second-order valence-corrected chi connectivity index (χ2v) is 4.78. The minimum Gasteiger partial charge on any atom is -0.486 e. The standard InChI is InChI=1S/C16H15FO3/c1-10-5-6-11(9-13(10)17)15(18)12-3-2-4-14-16(12)20-8-7-19-14/h2-6,9,15,18H,7-8H2,1H3. The molecule has 1 heterocycles. The molecule has 3 nitrogen and oxygen atoms in total. The molecule has 0 spiro atoms. The first-order chi connectivity index (χ1) is 9.66. The van der Waals surface area contributed by atoms with Gasteiger partial charge in [-0.3, -0.25) is 0 Å². The monoisotopic (exact) mass is 274 g/mol. The number of benzene rings is 2. The van der Waals surface area contributed by atoms with Crippen LogP contribution in [0.25, 0.3) is 0 Å². The SMILES string of the molecule is Cc1ccc(C(O)c2cccc3c2OCCO3)cc1F. The Bertz CT molecular complexity index is 640. The lowest BCUT2D eigenvalue weighted by Crippen LogP contribution is -2.17. The summed E-state index contributed by atoms with van der Waals surface area (Å²) in [5, 5.41) is 10.5. The first-order valence-corrected chi connectivity index (χ1v) is 6.49. The van der Waals surface area contributed by atoms with Gasteiger partial charge in [-0.1, -0.05) is 24.3 Å². The van der Waals surface area contributed by atoms with E-state index in [-0.39, 0.29) is 5.82 Å². The van der Waals surface area contributed by atoms with Crippen molar-refractivity contribution in [3.05, 3.63) is 58.9 Å². The Morgan fingerprint density at radius 1 is 1.15 bits per heavy atom. The highest BCUT2D eigenvalue weighted by molar-refractivity contribution is 5.50. The van der Waals surface area contributed by atoms with Gasteiger partial charge in [-0.2, -0.15) is 0 Å². The number of aliphatic hydroxyl groups excluding tert-OH is 1. The molecular formula is C16H15FO3. The predicted molar refractivity (Wildman–Crippen MR) is 72.6 cm³/mol. The number of aryl methyl sites for hydroxylation is 1. The quantitative estimate of drug-likeness (QED) is 0.915. The number of fused-ring (bicyclic) bond motifs is 1. The molecule has 3 rings (SSSR count). The van der Waals surface area contributed by atoms with Crippen LogP contribution in [0.15, 0.2) is 36.4 Å². The third-order valence-corrected chi connectivity index (χ3v) is 3.40. The summed E-state index contributed by atoms with van der Waals surface area (Å²) in [5.74, 6) is 0.816. The van der Waals surface area contributed by atoms with Gasteiger partial charge in [-0.25, -0.2) is 4.39 Å². The smallest absolute Gasteiger partial charge is 0.167 e. The molecule has 1 N–H and O–H groups in total. The molecule has 2 aromatic rings. The van der Waals surface area contributed by atoms with Crippen LogP contribution in [0.2, 0.25) is 0 Å². The first-order valence-electron chi connectivity index (χ1n) is 6.49. The minimum atomic E-state index is -0.943. The van der Waals surface area contributed by atoms with Gasteiger partial charge >= 0.3 is 0 Å². The Kier molecular flexibility index (Phi) is 3.32. The van der Waals surface area contributed by atoms with Crippen molar-refractivity contribution in [1.82, 2.24) is 0 Å². The Hall–Kier alpha value is -2.07. The number of hydrogen-bond acceptors (Lipinski definition) is 3. The molecule has 1 unspecified atom stereocenters. The van der Waals surface area contributed by atoms with Crippen molar-refractivity contribution >= 4 is 0 Å². The second-order valence-electron chi connectivity index (χ2n) is 4.78. The third-order valence-electron chi connectivity index (χ3n) is 3.40. The van der Waals surface area contributed by atoms with Crippen molar-refractivity contribution < 1.29 is 19.0 Å². The van der Waals surface area contributed by atoms with Crippen molar-refractivity contribution in [2.75, 3.05) is 13.2 Å². The van der Waals surface area contributed by atoms with Crippen LogP contribution in [0.1, 0.15) is 22.8 Å². The summed E-state index contributed by atoms with van der Waals surface area (Å²) in [4.78, 5) is 0. The van der Waals surface area contributed by atoms with E-state index in [0.717, 1.165) is 0 Å². The van der Waals surface area contributed by atoms with Crippen LogP contribution in [-0.4, -0.2) is 18.3 Å². The highest BCUT2D eigenvalue weighted by Crippen LogP contribution is 2.39. The summed E-state index contributed by atoms with van der Waals surface area (Å²) in [6.07, 6.45) is -0.943. The van der Waals surface area contributed by atoms with Gasteiger partial charge < -0.3 is 14.6 Å². The van der Waals surface area contributed by atoms with E-state index in [2.05, 4.69) is 0 Å². The number of rotatable bonds is 2. The summed E-state index contributed by atoms with van der Waals surface area (Å²) in [6.45, 7) is 2.62. The van der Waals surface area contributed by atoms with Crippen LogP contribution in [0.3, 0.4) is 0 Å². The molecule has 0 aliphatic carbocycles. The largest absolute Gasteiger partial charge is 0.486 e. The molecule has 20 heavy (non-hydrogen) atoms. The van der Waals surface area contributed by atoms with Gasteiger partial charge in [0.1, 0.15) is 25.1 Å². The van der Waals surface area contributed by atoms with Crippen molar-refractivity contribution in [1.29, 1.82) is 0 Å². The highest BCUT2D eigenvalue weighted by Gasteiger charge is 2.22. The Labute approximate surface area is 116 Å². The zero-order chi connectivity index (χ0) is 14.1. The van der Waals surface area contributed by atoms with Crippen LogP contribution in [-0.2, 0) is 0 Å². The molecule has 1 atom stereocenters. The van der Waals surface area contributed by atoms with Gasteiger partial charge in [0.05, 0.1) is 0 Å². The van der Waals surface area contributed by atoms with Crippen molar-refractivity contribution in [2.45, 2.75) is 13.0 Å². The van der Waals surface area contributed by atoms with E-state index in [1.165, 1.54) is 6.07 Å². The molecule has 0 aromatic heterocycles. The second kappa shape index (κ2) is 5.13. The minimum absolute atomic E-state index is 0.330. The average molecular weight is 274 g/mol. The molecule has 104 valence electrons. The Morgan fingerprint density at radius 3 is 2.75 bits per heavy atom. The molecule has 2 aromatic carbocycles. The summed E-state index contributed by atoms with van der Waals surface area (Å²) >= 11 is 0. The molecule has 0 saturated carbocycles. The molecule has 0 bridgehead atoms. The lowest BCUT2D eigenvalue weighted by Gasteiger charge is -2.23. The molecule has 0 fully saturated rings. The molecule has 1 aliphatic heterocycles. The van der Waals surface area contributed by atoms with Crippen LogP contribution in [0.5, 0.6) is 11.5 Å². The van der Waals surface area contributed by atoms with Crippen LogP contribution in [0, 0.1) is 12.7 Å². The van der Waals surface area contributed by atoms with E-state index in [1.54, 1.807) is 37.3 Å². The molecule has 0 radical (unpaired) electrons. The zero-order valence-corrected chi connectivity index (χ0v) is 11.1. The third kappa shape index (κ3) is 2.23. The first kappa shape index (κ1) is 12.9. The van der Waals surface area contributed by atoms with Gasteiger partial charge in [0, 0.05) is 5.56 Å². The molecular weight excluding hydrogens is 259 g/mol. The van der Waals surface area contributed by atoms with Crippen molar-refractivity contribution in [3.63, 3.8) is 0 Å². The maximum absolute atomic E-state index is 13.6. The lowest BCUT2D eigenvalue weighted by molar-refractivity contribution is 0.158. The Morgan fingerprint density at radius 2 is 1.95 bits per heavy atom. The van der Waals surface area contributed by atoms with Crippen molar-refractivity contribution in [2.24, 2.45) is 0 Å². The number of aliphatic hydroxyl groups is 1. The summed E-state index contributed by atoms with van der Waals surface area (Å²) in [5.41, 5.74) is 1.64. The fourth-order valence-corrected chi connectivity index (χ4v) is 2.27. The van der Waals surface area contributed by atoms with Gasteiger partial charge in [0.2, 0.25) is 0 Å². The number of hydrogen-bond donors (Lipinski definition) is 1. The van der Waals surface area contributed by atoms with Crippen LogP contribution >= 0.6 is 0 Å². The van der Waals surface area contributed by atoms with E-state index in [0.29, 0.717) is 41.4 Å². The summed E-state index contributed by atoms with van der Waals surface area (Å²) in [6, 6.07) is 10.1. The Balaban J connectivity index is 2.02. The predicted octanol–water partition coefficient (Wildman–Crippen LogP) is 2.99. The maximum Gasteiger partial charge on any atom is 0.167 e. The van der Waals surface area contributed by atoms with Gasteiger partial charge in [0.25, 0.3) is 0 Å². The van der Waals surface area contributed by atoms with Gasteiger partial charge in [-0.15, -0.1) is 0 Å². The summed E-state index contributed by atoms with van der Waals surface area (Å²) in [7, 11) is 0. The fraction of sp³-hybridized carbons (Fsp3) is 0.250. The zero-order valence-electron chi connectivity index (χ0n) is 11.1.